The van der Waals surface area contributed by atoms with Crippen molar-refractivity contribution in [3.05, 3.63) is 83.9 Å². The predicted molar refractivity (Wildman–Crippen MR) is 119 cm³/mol. The van der Waals surface area contributed by atoms with Crippen molar-refractivity contribution >= 4 is 33.1 Å². The Morgan fingerprint density at radius 2 is 1.58 bits per heavy atom. The Labute approximate surface area is 181 Å². The van der Waals surface area contributed by atoms with Crippen molar-refractivity contribution in [2.24, 2.45) is 0 Å². The van der Waals surface area contributed by atoms with E-state index in [-0.39, 0.29) is 17.3 Å². The van der Waals surface area contributed by atoms with E-state index in [0.29, 0.717) is 22.7 Å². The number of sulfonamides is 1. The van der Waals surface area contributed by atoms with Crippen LogP contribution in [-0.4, -0.2) is 26.7 Å². The highest BCUT2D eigenvalue weighted by molar-refractivity contribution is 7.92. The first-order chi connectivity index (χ1) is 14.7. The lowest BCUT2D eigenvalue weighted by atomic mass is 10.1. The number of hydrogen-bond acceptors (Lipinski definition) is 5. The fourth-order valence-electron chi connectivity index (χ4n) is 2.80. The van der Waals surface area contributed by atoms with E-state index in [9.17, 15) is 18.0 Å². The number of carbonyl (C=O) groups excluding carboxylic acids is 2. The van der Waals surface area contributed by atoms with Crippen molar-refractivity contribution in [3.8, 4) is 5.75 Å². The van der Waals surface area contributed by atoms with Crippen LogP contribution in [0.5, 0.6) is 5.75 Å². The maximum Gasteiger partial charge on any atom is 0.262 e. The second-order valence-corrected chi connectivity index (χ2v) is 8.60. The minimum absolute atomic E-state index is 0.0758. The van der Waals surface area contributed by atoms with E-state index in [2.05, 4.69) is 10.0 Å². The van der Waals surface area contributed by atoms with Crippen LogP contribution in [0.4, 0.5) is 11.4 Å². The van der Waals surface area contributed by atoms with Crippen LogP contribution in [0, 0.1) is 6.92 Å². The first-order valence-electron chi connectivity index (χ1n) is 9.46. The zero-order valence-corrected chi connectivity index (χ0v) is 17.9. The highest BCUT2D eigenvalue weighted by Crippen LogP contribution is 2.20. The van der Waals surface area contributed by atoms with Crippen LogP contribution in [0.3, 0.4) is 0 Å². The van der Waals surface area contributed by atoms with Gasteiger partial charge in [0.25, 0.3) is 15.9 Å². The SMILES string of the molecule is CC(=O)c1cccc(NC(=O)COc2ccc(S(=O)(=O)Nc3cccc(C)c3)cc2)c1. The van der Waals surface area contributed by atoms with Crippen molar-refractivity contribution in [2.45, 2.75) is 18.7 Å². The highest BCUT2D eigenvalue weighted by atomic mass is 32.2. The Bertz CT molecular complexity index is 1200. The molecule has 0 heterocycles. The monoisotopic (exact) mass is 438 g/mol. The van der Waals surface area contributed by atoms with E-state index in [1.165, 1.54) is 31.2 Å². The lowest BCUT2D eigenvalue weighted by Gasteiger charge is -2.10. The molecular weight excluding hydrogens is 416 g/mol. The van der Waals surface area contributed by atoms with Crippen LogP contribution in [0.1, 0.15) is 22.8 Å². The zero-order chi connectivity index (χ0) is 22.4. The van der Waals surface area contributed by atoms with E-state index >= 15 is 0 Å². The molecule has 0 spiro atoms. The summed E-state index contributed by atoms with van der Waals surface area (Å²) in [6.45, 7) is 3.06. The zero-order valence-electron chi connectivity index (χ0n) is 17.1. The molecule has 3 rings (SSSR count). The molecule has 0 fully saturated rings. The van der Waals surface area contributed by atoms with E-state index in [0.717, 1.165) is 5.56 Å². The van der Waals surface area contributed by atoms with Gasteiger partial charge in [0.05, 0.1) is 4.90 Å². The fourth-order valence-corrected chi connectivity index (χ4v) is 3.85. The summed E-state index contributed by atoms with van der Waals surface area (Å²) in [6.07, 6.45) is 0. The van der Waals surface area contributed by atoms with E-state index in [4.69, 9.17) is 4.74 Å². The first kappa shape index (κ1) is 22.0. The molecule has 160 valence electrons. The van der Waals surface area contributed by atoms with Crippen LogP contribution < -0.4 is 14.8 Å². The fraction of sp³-hybridized carbons (Fsp3) is 0.130. The minimum Gasteiger partial charge on any atom is -0.484 e. The number of ether oxygens (including phenoxy) is 1. The molecule has 0 aromatic heterocycles. The first-order valence-corrected chi connectivity index (χ1v) is 10.9. The molecule has 8 heteroatoms. The summed E-state index contributed by atoms with van der Waals surface area (Å²) in [5.41, 5.74) is 2.40. The van der Waals surface area contributed by atoms with E-state index < -0.39 is 15.9 Å². The molecule has 7 nitrogen and oxygen atoms in total. The van der Waals surface area contributed by atoms with Gasteiger partial charge in [-0.05, 0) is 67.9 Å². The molecule has 3 aromatic carbocycles. The number of nitrogens with one attached hydrogen (secondary N) is 2. The predicted octanol–water partition coefficient (Wildman–Crippen LogP) is 4.02. The standard InChI is InChI=1S/C23H22N2O5S/c1-16-5-3-8-20(13-16)25-31(28,29)22-11-9-21(10-12-22)30-15-23(27)24-19-7-4-6-18(14-19)17(2)26/h3-14,25H,15H2,1-2H3,(H,24,27). The van der Waals surface area contributed by atoms with Gasteiger partial charge in [-0.1, -0.05) is 24.3 Å². The average molecular weight is 439 g/mol. The van der Waals surface area contributed by atoms with Crippen LogP contribution in [0.25, 0.3) is 0 Å². The Morgan fingerprint density at radius 1 is 0.903 bits per heavy atom. The van der Waals surface area contributed by atoms with E-state index in [1.54, 1.807) is 42.5 Å². The van der Waals surface area contributed by atoms with Gasteiger partial charge in [-0.2, -0.15) is 0 Å². The lowest BCUT2D eigenvalue weighted by Crippen LogP contribution is -2.20. The molecule has 3 aromatic rings. The number of Topliss-reactive ketones (excluding diaryl/α,β-unsaturated/α-hetero) is 1. The number of rotatable bonds is 8. The van der Waals surface area contributed by atoms with Gasteiger partial charge in [0.1, 0.15) is 5.75 Å². The molecule has 1 amide bonds. The third-order valence-electron chi connectivity index (χ3n) is 4.33. The third-order valence-corrected chi connectivity index (χ3v) is 5.72. The molecular formula is C23H22N2O5S. The third kappa shape index (κ3) is 6.16. The van der Waals surface area contributed by atoms with Gasteiger partial charge in [0.15, 0.2) is 12.4 Å². The Hall–Kier alpha value is -3.65. The van der Waals surface area contributed by atoms with Gasteiger partial charge in [-0.3, -0.25) is 14.3 Å². The summed E-state index contributed by atoms with van der Waals surface area (Å²) in [6, 6.07) is 19.4. The smallest absolute Gasteiger partial charge is 0.262 e. The molecule has 0 radical (unpaired) electrons. The highest BCUT2D eigenvalue weighted by Gasteiger charge is 2.14. The van der Waals surface area contributed by atoms with Gasteiger partial charge in [0, 0.05) is 16.9 Å². The van der Waals surface area contributed by atoms with Crippen molar-refractivity contribution in [3.63, 3.8) is 0 Å². The lowest BCUT2D eigenvalue weighted by molar-refractivity contribution is -0.118. The summed E-state index contributed by atoms with van der Waals surface area (Å²) in [7, 11) is -3.74. The van der Waals surface area contributed by atoms with Gasteiger partial charge < -0.3 is 10.1 Å². The van der Waals surface area contributed by atoms with Gasteiger partial charge in [0.2, 0.25) is 0 Å². The molecule has 0 saturated heterocycles. The summed E-state index contributed by atoms with van der Waals surface area (Å²) in [5.74, 6) is -0.153. The quantitative estimate of drug-likeness (QED) is 0.518. The molecule has 0 aliphatic rings. The number of amides is 1. The molecule has 0 saturated carbocycles. The largest absolute Gasteiger partial charge is 0.484 e. The molecule has 2 N–H and O–H groups in total. The van der Waals surface area contributed by atoms with Crippen LogP contribution in [-0.2, 0) is 14.8 Å². The van der Waals surface area contributed by atoms with Crippen molar-refractivity contribution in [1.82, 2.24) is 0 Å². The van der Waals surface area contributed by atoms with Crippen LogP contribution in [0.15, 0.2) is 77.7 Å². The van der Waals surface area contributed by atoms with Crippen LogP contribution >= 0.6 is 0 Å². The summed E-state index contributed by atoms with van der Waals surface area (Å²) in [4.78, 5) is 23.6. The van der Waals surface area contributed by atoms with Crippen molar-refractivity contribution < 1.29 is 22.7 Å². The molecule has 0 bridgehead atoms. The average Bonchev–Trinajstić information content (AvgIpc) is 2.72. The number of ketones is 1. The number of hydrogen-bond donors (Lipinski definition) is 2. The number of carbonyl (C=O) groups is 2. The molecule has 0 aliphatic carbocycles. The van der Waals surface area contributed by atoms with Crippen LogP contribution in [0.2, 0.25) is 0 Å². The Kier molecular flexibility index (Phi) is 6.71. The summed E-state index contributed by atoms with van der Waals surface area (Å²) < 4.78 is 33.0. The van der Waals surface area contributed by atoms with Gasteiger partial charge in [-0.15, -0.1) is 0 Å². The molecule has 0 aliphatic heterocycles. The summed E-state index contributed by atoms with van der Waals surface area (Å²) in [5, 5.41) is 2.65. The number of anilines is 2. The molecule has 0 atom stereocenters. The molecule has 31 heavy (non-hydrogen) atoms. The van der Waals surface area contributed by atoms with E-state index in [1.807, 2.05) is 13.0 Å². The number of benzene rings is 3. The Balaban J connectivity index is 1.58. The maximum atomic E-state index is 12.5. The summed E-state index contributed by atoms with van der Waals surface area (Å²) >= 11 is 0. The molecule has 0 unspecified atom stereocenters. The minimum atomic E-state index is -3.74. The van der Waals surface area contributed by atoms with Gasteiger partial charge >= 0.3 is 0 Å². The topological polar surface area (TPSA) is 102 Å². The maximum absolute atomic E-state index is 12.5. The Morgan fingerprint density at radius 3 is 2.26 bits per heavy atom. The second kappa shape index (κ2) is 9.44. The van der Waals surface area contributed by atoms with Gasteiger partial charge in [-0.25, -0.2) is 8.42 Å². The van der Waals surface area contributed by atoms with Crippen molar-refractivity contribution in [2.75, 3.05) is 16.6 Å². The normalized spacial score (nSPS) is 10.9. The second-order valence-electron chi connectivity index (χ2n) is 6.92. The van der Waals surface area contributed by atoms with Crippen molar-refractivity contribution in [1.29, 1.82) is 0 Å². The number of aryl methyl sites for hydroxylation is 1.